The molecule has 0 spiro atoms. The molecule has 2 aromatic carbocycles. The number of hydrogen-bond donors (Lipinski definition) is 1. The zero-order valence-corrected chi connectivity index (χ0v) is 16.4. The third kappa shape index (κ3) is 5.13. The Morgan fingerprint density at radius 1 is 1.00 bits per heavy atom. The van der Waals surface area contributed by atoms with Gasteiger partial charge in [0.05, 0.1) is 5.75 Å². The molecule has 0 saturated heterocycles. The van der Waals surface area contributed by atoms with Crippen molar-refractivity contribution in [3.8, 4) is 0 Å². The lowest BCUT2D eigenvalue weighted by Crippen LogP contribution is -2.34. The van der Waals surface area contributed by atoms with E-state index in [2.05, 4.69) is 5.32 Å². The lowest BCUT2D eigenvalue weighted by molar-refractivity contribution is -0.129. The molecular weight excluding hydrogens is 375 g/mol. The average molecular weight is 399 g/mol. The largest absolute Gasteiger partial charge is 0.349 e. The summed E-state index contributed by atoms with van der Waals surface area (Å²) in [6.07, 6.45) is 4.21. The highest BCUT2D eigenvalue weighted by atomic mass is 32.2. The molecule has 4 nitrogen and oxygen atoms in total. The Morgan fingerprint density at radius 2 is 1.68 bits per heavy atom. The minimum atomic E-state index is -0.274. The summed E-state index contributed by atoms with van der Waals surface area (Å²) in [5, 5.41) is 2.98. The topological polar surface area (TPSA) is 49.4 Å². The highest BCUT2D eigenvalue weighted by Gasteiger charge is 2.32. The SMILES string of the molecule is O=C(NC1CC1)c1ccc(CN(C(=O)CSc2ccc(F)cc2)C2CC2)cc1. The standard InChI is InChI=1S/C22H23FN2O2S/c23-17-5-11-20(12-6-17)28-14-21(26)25(19-9-10-19)13-15-1-3-16(4-2-15)22(27)24-18-7-8-18/h1-6,11-12,18-19H,7-10,13-14H2,(H,24,27). The summed E-state index contributed by atoms with van der Waals surface area (Å²) < 4.78 is 13.0. The number of nitrogens with zero attached hydrogens (tertiary/aromatic N) is 1. The predicted octanol–water partition coefficient (Wildman–Crippen LogP) is 4.00. The molecule has 0 unspecified atom stereocenters. The number of benzene rings is 2. The van der Waals surface area contributed by atoms with E-state index in [1.807, 2.05) is 29.2 Å². The van der Waals surface area contributed by atoms with Crippen LogP contribution in [0, 0.1) is 5.82 Å². The van der Waals surface area contributed by atoms with Crippen LogP contribution < -0.4 is 5.32 Å². The van der Waals surface area contributed by atoms with Gasteiger partial charge in [-0.15, -0.1) is 11.8 Å². The van der Waals surface area contributed by atoms with Crippen molar-refractivity contribution in [3.63, 3.8) is 0 Å². The molecule has 0 aliphatic heterocycles. The first-order valence-corrected chi connectivity index (χ1v) is 10.6. The van der Waals surface area contributed by atoms with E-state index >= 15 is 0 Å². The van der Waals surface area contributed by atoms with Gasteiger partial charge in [-0.05, 0) is 67.6 Å². The molecule has 2 amide bonds. The summed E-state index contributed by atoms with van der Waals surface area (Å²) in [6.45, 7) is 0.554. The van der Waals surface area contributed by atoms with Gasteiger partial charge >= 0.3 is 0 Å². The molecule has 4 rings (SSSR count). The Morgan fingerprint density at radius 3 is 2.29 bits per heavy atom. The molecule has 2 fully saturated rings. The van der Waals surface area contributed by atoms with Gasteiger partial charge in [0.1, 0.15) is 5.82 Å². The van der Waals surface area contributed by atoms with Crippen LogP contribution in [0.25, 0.3) is 0 Å². The maximum atomic E-state index is 13.0. The predicted molar refractivity (Wildman–Crippen MR) is 108 cm³/mol. The average Bonchev–Trinajstić information content (AvgIpc) is 3.60. The van der Waals surface area contributed by atoms with Gasteiger partial charge in [-0.1, -0.05) is 12.1 Å². The van der Waals surface area contributed by atoms with Gasteiger partial charge in [-0.2, -0.15) is 0 Å². The summed E-state index contributed by atoms with van der Waals surface area (Å²) in [7, 11) is 0. The summed E-state index contributed by atoms with van der Waals surface area (Å²) >= 11 is 1.43. The van der Waals surface area contributed by atoms with Crippen LogP contribution in [0.15, 0.2) is 53.4 Å². The Kier molecular flexibility index (Phi) is 5.67. The summed E-state index contributed by atoms with van der Waals surface area (Å²) in [5.74, 6) is 0.126. The minimum absolute atomic E-state index is 0.0279. The second-order valence-electron chi connectivity index (χ2n) is 7.44. The van der Waals surface area contributed by atoms with E-state index in [9.17, 15) is 14.0 Å². The molecule has 0 atom stereocenters. The van der Waals surface area contributed by atoms with Crippen LogP contribution in [0.1, 0.15) is 41.6 Å². The first-order valence-electron chi connectivity index (χ1n) is 9.66. The van der Waals surface area contributed by atoms with Crippen molar-refractivity contribution in [2.75, 3.05) is 5.75 Å². The van der Waals surface area contributed by atoms with Gasteiger partial charge in [0, 0.05) is 29.1 Å². The van der Waals surface area contributed by atoms with Gasteiger partial charge in [0.15, 0.2) is 0 Å². The van der Waals surface area contributed by atoms with E-state index in [-0.39, 0.29) is 17.6 Å². The highest BCUT2D eigenvalue weighted by Crippen LogP contribution is 2.30. The molecule has 6 heteroatoms. The van der Waals surface area contributed by atoms with Gasteiger partial charge in [-0.25, -0.2) is 4.39 Å². The van der Waals surface area contributed by atoms with Gasteiger partial charge < -0.3 is 10.2 Å². The van der Waals surface area contributed by atoms with E-state index in [0.29, 0.717) is 29.9 Å². The van der Waals surface area contributed by atoms with E-state index in [1.54, 1.807) is 12.1 Å². The number of amides is 2. The third-order valence-corrected chi connectivity index (χ3v) is 5.96. The fraction of sp³-hybridized carbons (Fsp3) is 0.364. The molecule has 2 aliphatic rings. The second-order valence-corrected chi connectivity index (χ2v) is 8.49. The van der Waals surface area contributed by atoms with Crippen molar-refractivity contribution in [2.45, 2.75) is 49.2 Å². The van der Waals surface area contributed by atoms with E-state index in [4.69, 9.17) is 0 Å². The first-order chi connectivity index (χ1) is 13.6. The number of rotatable bonds is 8. The van der Waals surface area contributed by atoms with Crippen molar-refractivity contribution in [1.82, 2.24) is 10.2 Å². The van der Waals surface area contributed by atoms with E-state index in [1.165, 1.54) is 23.9 Å². The van der Waals surface area contributed by atoms with Crippen molar-refractivity contribution in [3.05, 3.63) is 65.5 Å². The lowest BCUT2D eigenvalue weighted by atomic mass is 10.1. The Bertz CT molecular complexity index is 846. The third-order valence-electron chi connectivity index (χ3n) is 4.97. The van der Waals surface area contributed by atoms with Crippen LogP contribution in [0.5, 0.6) is 0 Å². The number of carbonyl (C=O) groups is 2. The Hall–Kier alpha value is -2.34. The maximum absolute atomic E-state index is 13.0. The molecule has 146 valence electrons. The molecule has 28 heavy (non-hydrogen) atoms. The van der Waals surface area contributed by atoms with Crippen molar-refractivity contribution in [2.24, 2.45) is 0 Å². The zero-order valence-electron chi connectivity index (χ0n) is 15.6. The number of halogens is 1. The van der Waals surface area contributed by atoms with E-state index in [0.717, 1.165) is 36.1 Å². The molecule has 1 N–H and O–H groups in total. The summed E-state index contributed by atoms with van der Waals surface area (Å²) in [6, 6.07) is 14.4. The van der Waals surface area contributed by atoms with Gasteiger partial charge in [0.2, 0.25) is 5.91 Å². The molecular formula is C22H23FN2O2S. The van der Waals surface area contributed by atoms with Crippen LogP contribution in [-0.2, 0) is 11.3 Å². The van der Waals surface area contributed by atoms with Gasteiger partial charge in [-0.3, -0.25) is 9.59 Å². The Labute approximate surface area is 168 Å². The van der Waals surface area contributed by atoms with Crippen LogP contribution in [0.4, 0.5) is 4.39 Å². The van der Waals surface area contributed by atoms with Crippen LogP contribution in [0.3, 0.4) is 0 Å². The van der Waals surface area contributed by atoms with E-state index < -0.39 is 0 Å². The second kappa shape index (κ2) is 8.35. The van der Waals surface area contributed by atoms with Crippen molar-refractivity contribution in [1.29, 1.82) is 0 Å². The van der Waals surface area contributed by atoms with Crippen LogP contribution >= 0.6 is 11.8 Å². The fourth-order valence-corrected chi connectivity index (χ4v) is 3.81. The molecule has 2 aromatic rings. The number of thioether (sulfide) groups is 1. The summed E-state index contributed by atoms with van der Waals surface area (Å²) in [5.41, 5.74) is 1.68. The molecule has 0 bridgehead atoms. The fourth-order valence-electron chi connectivity index (χ4n) is 3.02. The number of nitrogens with one attached hydrogen (secondary N) is 1. The van der Waals surface area contributed by atoms with Crippen molar-refractivity contribution < 1.29 is 14.0 Å². The van der Waals surface area contributed by atoms with Gasteiger partial charge in [0.25, 0.3) is 5.91 Å². The monoisotopic (exact) mass is 398 g/mol. The maximum Gasteiger partial charge on any atom is 0.251 e. The quantitative estimate of drug-likeness (QED) is 0.684. The molecule has 2 saturated carbocycles. The zero-order chi connectivity index (χ0) is 19.5. The minimum Gasteiger partial charge on any atom is -0.349 e. The summed E-state index contributed by atoms with van der Waals surface area (Å²) in [4.78, 5) is 27.6. The smallest absolute Gasteiger partial charge is 0.251 e. The molecule has 2 aliphatic carbocycles. The highest BCUT2D eigenvalue weighted by molar-refractivity contribution is 8.00. The molecule has 0 aromatic heterocycles. The lowest BCUT2D eigenvalue weighted by Gasteiger charge is -2.22. The molecule has 0 heterocycles. The number of hydrogen-bond acceptors (Lipinski definition) is 3. The molecule has 0 radical (unpaired) electrons. The van der Waals surface area contributed by atoms with Crippen LogP contribution in [-0.4, -0.2) is 34.6 Å². The normalized spacial score (nSPS) is 15.9. The van der Waals surface area contributed by atoms with Crippen molar-refractivity contribution >= 4 is 23.6 Å². The van der Waals surface area contributed by atoms with Crippen LogP contribution in [0.2, 0.25) is 0 Å². The Balaban J connectivity index is 1.34. The number of carbonyl (C=O) groups excluding carboxylic acids is 2. The first kappa shape index (κ1) is 19.0.